The highest BCUT2D eigenvalue weighted by atomic mass is 79.9. The van der Waals surface area contributed by atoms with Crippen molar-refractivity contribution in [2.45, 2.75) is 22.2 Å². The third kappa shape index (κ3) is 3.58. The average Bonchev–Trinajstić information content (AvgIpc) is 2.74. The van der Waals surface area contributed by atoms with Gasteiger partial charge in [0.1, 0.15) is 22.9 Å². The van der Waals surface area contributed by atoms with Gasteiger partial charge < -0.3 is 19.5 Å². The number of rotatable bonds is 6. The molecule has 0 radical (unpaired) electrons. The Hall–Kier alpha value is -2.24. The van der Waals surface area contributed by atoms with Gasteiger partial charge >= 0.3 is 5.97 Å². The van der Waals surface area contributed by atoms with E-state index in [2.05, 4.69) is 21.2 Å². The molecule has 9 nitrogen and oxygen atoms in total. The lowest BCUT2D eigenvalue weighted by Gasteiger charge is -2.52. The summed E-state index contributed by atoms with van der Waals surface area (Å²) in [6, 6.07) is 7.61. The molecule has 1 saturated heterocycles. The molecule has 2 heterocycles. The molecule has 0 aliphatic carbocycles. The molecule has 0 bridgehead atoms. The molecule has 0 aromatic heterocycles. The average molecular weight is 487 g/mol. The number of carbonyl (C=O) groups excluding carboxylic acids is 3. The highest BCUT2D eigenvalue weighted by Crippen LogP contribution is 2.47. The molecule has 1 aromatic rings. The highest BCUT2D eigenvalue weighted by Gasteiger charge is 2.63. The third-order valence-corrected chi connectivity index (χ3v) is 8.42. The van der Waals surface area contributed by atoms with Crippen molar-refractivity contribution in [1.82, 2.24) is 10.2 Å². The van der Waals surface area contributed by atoms with Gasteiger partial charge in [0.2, 0.25) is 3.84 Å². The summed E-state index contributed by atoms with van der Waals surface area (Å²) in [5, 5.41) is 1.52. The predicted molar refractivity (Wildman–Crippen MR) is 106 cm³/mol. The van der Waals surface area contributed by atoms with Crippen molar-refractivity contribution < 1.29 is 32.8 Å². The fourth-order valence-corrected chi connectivity index (χ4v) is 5.61. The number of nitrogens with zero attached hydrogens (tertiary/aromatic N) is 1. The molecule has 1 aromatic carbocycles. The van der Waals surface area contributed by atoms with Gasteiger partial charge in [0, 0.05) is 12.7 Å². The Labute approximate surface area is 177 Å². The third-order valence-electron chi connectivity index (χ3n) is 4.64. The molecule has 2 aliphatic rings. The second-order valence-electron chi connectivity index (χ2n) is 6.25. The zero-order valence-electron chi connectivity index (χ0n) is 15.8. The maximum absolute atomic E-state index is 13.1. The van der Waals surface area contributed by atoms with Crippen LogP contribution in [0.1, 0.15) is 6.92 Å². The van der Waals surface area contributed by atoms with Crippen molar-refractivity contribution in [3.8, 4) is 5.75 Å². The number of β-lactam (4-membered cyclic amide) rings is 1. The first kappa shape index (κ1) is 21.5. The van der Waals surface area contributed by atoms with E-state index in [9.17, 15) is 18.6 Å². The molecule has 1 fully saturated rings. The van der Waals surface area contributed by atoms with E-state index < -0.39 is 43.8 Å². The van der Waals surface area contributed by atoms with Crippen molar-refractivity contribution in [1.29, 1.82) is 0 Å². The summed E-state index contributed by atoms with van der Waals surface area (Å²) in [6.45, 7) is 1.20. The lowest BCUT2D eigenvalue weighted by Crippen LogP contribution is -2.75. The fourth-order valence-electron chi connectivity index (χ4n) is 3.15. The van der Waals surface area contributed by atoms with Crippen LogP contribution in [0.2, 0.25) is 0 Å². The predicted octanol–water partition coefficient (Wildman–Crippen LogP) is 0.623. The zero-order valence-corrected chi connectivity index (χ0v) is 18.2. The number of methoxy groups -OCH3 is 2. The van der Waals surface area contributed by atoms with Crippen molar-refractivity contribution in [3.05, 3.63) is 41.6 Å². The van der Waals surface area contributed by atoms with Gasteiger partial charge in [-0.25, -0.2) is 4.79 Å². The number of alkyl halides is 1. The Morgan fingerprint density at radius 2 is 1.93 bits per heavy atom. The number of para-hydroxylation sites is 1. The molecule has 29 heavy (non-hydrogen) atoms. The minimum atomic E-state index is -1.83. The molecule has 2 aliphatic heterocycles. The minimum absolute atomic E-state index is 0.0631. The Morgan fingerprint density at radius 1 is 1.28 bits per heavy atom. The Morgan fingerprint density at radius 3 is 2.52 bits per heavy atom. The summed E-state index contributed by atoms with van der Waals surface area (Å²) in [5.41, 5.74) is 0.179. The number of halogens is 1. The van der Waals surface area contributed by atoms with E-state index in [1.165, 1.54) is 21.1 Å². The maximum Gasteiger partial charge on any atom is 0.354 e. The first-order valence-corrected chi connectivity index (χ1v) is 10.5. The van der Waals surface area contributed by atoms with Crippen LogP contribution in [0.4, 0.5) is 0 Å². The van der Waals surface area contributed by atoms with Gasteiger partial charge in [0.15, 0.2) is 6.61 Å². The molecule has 0 saturated carbocycles. The van der Waals surface area contributed by atoms with E-state index in [0.717, 1.165) is 4.90 Å². The van der Waals surface area contributed by atoms with E-state index in [0.29, 0.717) is 5.75 Å². The first-order chi connectivity index (χ1) is 13.8. The van der Waals surface area contributed by atoms with Crippen LogP contribution in [0.15, 0.2) is 41.6 Å². The second kappa shape index (κ2) is 8.25. The highest BCUT2D eigenvalue weighted by molar-refractivity contribution is 9.11. The molecule has 4 atom stereocenters. The summed E-state index contributed by atoms with van der Waals surface area (Å²) in [7, 11) is 0.669. The molecular formula is C18H19BrN2O7S. The SMILES string of the molecule is COC(=O)C1=C(C)C(Br)(OC)S(=O)[C@@H]2[C@H](NC(=O)COc3ccccc3)C(=O)N12. The lowest BCUT2D eigenvalue weighted by atomic mass is 10.0. The van der Waals surface area contributed by atoms with Crippen molar-refractivity contribution in [3.63, 3.8) is 0 Å². The van der Waals surface area contributed by atoms with Gasteiger partial charge in [-0.15, -0.1) is 0 Å². The Kier molecular flexibility index (Phi) is 6.11. The van der Waals surface area contributed by atoms with Crippen LogP contribution >= 0.6 is 15.9 Å². The van der Waals surface area contributed by atoms with Gasteiger partial charge in [-0.3, -0.25) is 18.7 Å². The minimum Gasteiger partial charge on any atom is -0.484 e. The van der Waals surface area contributed by atoms with E-state index in [1.807, 2.05) is 6.07 Å². The van der Waals surface area contributed by atoms with Crippen molar-refractivity contribution in [2.24, 2.45) is 0 Å². The first-order valence-electron chi connectivity index (χ1n) is 8.51. The topological polar surface area (TPSA) is 111 Å². The summed E-state index contributed by atoms with van der Waals surface area (Å²) in [5.74, 6) is -1.40. The van der Waals surface area contributed by atoms with Crippen LogP contribution in [-0.2, 0) is 34.7 Å². The summed E-state index contributed by atoms with van der Waals surface area (Å²) in [6.07, 6.45) is 0. The number of amides is 2. The molecular weight excluding hydrogens is 468 g/mol. The molecule has 2 unspecified atom stereocenters. The van der Waals surface area contributed by atoms with Crippen LogP contribution in [-0.4, -0.2) is 63.0 Å². The number of benzene rings is 1. The number of esters is 1. The molecule has 0 spiro atoms. The van der Waals surface area contributed by atoms with Crippen LogP contribution < -0.4 is 10.1 Å². The van der Waals surface area contributed by atoms with E-state index in [-0.39, 0.29) is 17.9 Å². The summed E-state index contributed by atoms with van der Waals surface area (Å²) in [4.78, 5) is 38.3. The van der Waals surface area contributed by atoms with Gasteiger partial charge in [-0.1, -0.05) is 18.2 Å². The van der Waals surface area contributed by atoms with E-state index >= 15 is 0 Å². The van der Waals surface area contributed by atoms with Crippen LogP contribution in [0, 0.1) is 0 Å². The number of carbonyl (C=O) groups is 3. The lowest BCUT2D eigenvalue weighted by molar-refractivity contribution is -0.152. The quantitative estimate of drug-likeness (QED) is 0.356. The van der Waals surface area contributed by atoms with Gasteiger partial charge in [0.25, 0.3) is 11.8 Å². The molecule has 11 heteroatoms. The van der Waals surface area contributed by atoms with Crippen molar-refractivity contribution in [2.75, 3.05) is 20.8 Å². The number of fused-ring (bicyclic) bond motifs is 1. The smallest absolute Gasteiger partial charge is 0.354 e. The fraction of sp³-hybridized carbons (Fsp3) is 0.389. The number of hydrogen-bond donors (Lipinski definition) is 1. The number of nitrogens with one attached hydrogen (secondary N) is 1. The van der Waals surface area contributed by atoms with E-state index in [4.69, 9.17) is 14.2 Å². The van der Waals surface area contributed by atoms with Gasteiger partial charge in [-0.2, -0.15) is 0 Å². The number of hydrogen-bond acceptors (Lipinski definition) is 7. The maximum atomic E-state index is 13.1. The molecule has 3 rings (SSSR count). The van der Waals surface area contributed by atoms with Crippen LogP contribution in [0.3, 0.4) is 0 Å². The Bertz CT molecular complexity index is 907. The van der Waals surface area contributed by atoms with Gasteiger partial charge in [-0.05, 0) is 35.0 Å². The number of ether oxygens (including phenoxy) is 3. The van der Waals surface area contributed by atoms with Crippen molar-refractivity contribution >= 4 is 44.5 Å². The normalized spacial score (nSPS) is 28.3. The van der Waals surface area contributed by atoms with E-state index in [1.54, 1.807) is 24.3 Å². The monoisotopic (exact) mass is 486 g/mol. The zero-order chi connectivity index (χ0) is 21.3. The Balaban J connectivity index is 1.79. The van der Waals surface area contributed by atoms with Gasteiger partial charge in [0.05, 0.1) is 17.9 Å². The second-order valence-corrected chi connectivity index (χ2v) is 9.54. The van der Waals surface area contributed by atoms with Crippen LogP contribution in [0.5, 0.6) is 5.75 Å². The standard InChI is InChI=1S/C18H19BrN2O7S/c1-10-14(17(24)26-2)21-15(23)13(16(21)29(25)18(10,19)27-3)20-12(22)9-28-11-7-5-4-6-8-11/h4-8,13,16H,9H2,1-3H3,(H,20,22)/t13-,16-,18?,29?/m1/s1. The van der Waals surface area contributed by atoms with Crippen LogP contribution in [0.25, 0.3) is 0 Å². The molecule has 1 N–H and O–H groups in total. The molecule has 156 valence electrons. The summed E-state index contributed by atoms with van der Waals surface area (Å²) >= 11 is 3.28. The molecule has 2 amide bonds. The summed E-state index contributed by atoms with van der Waals surface area (Å²) < 4.78 is 27.1. The largest absolute Gasteiger partial charge is 0.484 e.